The van der Waals surface area contributed by atoms with Crippen molar-refractivity contribution in [2.45, 2.75) is 26.4 Å². The number of thiophene rings is 1. The van der Waals surface area contributed by atoms with Gasteiger partial charge in [-0.2, -0.15) is 5.26 Å². The van der Waals surface area contributed by atoms with E-state index in [9.17, 15) is 0 Å². The molecular formula is C15H16N2S. The first-order valence-electron chi connectivity index (χ1n) is 5.98. The third-order valence-corrected chi connectivity index (χ3v) is 3.92. The van der Waals surface area contributed by atoms with E-state index in [0.717, 1.165) is 6.54 Å². The second-order valence-electron chi connectivity index (χ2n) is 4.35. The van der Waals surface area contributed by atoms with Crippen molar-refractivity contribution in [1.82, 2.24) is 5.32 Å². The molecule has 0 aliphatic carbocycles. The molecule has 1 aromatic heterocycles. The minimum absolute atomic E-state index is 0.292. The van der Waals surface area contributed by atoms with E-state index in [4.69, 9.17) is 5.26 Å². The normalized spacial score (nSPS) is 12.1. The van der Waals surface area contributed by atoms with Crippen LogP contribution < -0.4 is 5.32 Å². The zero-order valence-electron chi connectivity index (χ0n) is 10.6. The van der Waals surface area contributed by atoms with Gasteiger partial charge in [0.25, 0.3) is 0 Å². The topological polar surface area (TPSA) is 35.8 Å². The number of nitriles is 1. The Morgan fingerprint density at radius 3 is 2.50 bits per heavy atom. The lowest BCUT2D eigenvalue weighted by Crippen LogP contribution is -2.17. The maximum Gasteiger partial charge on any atom is 0.0991 e. The van der Waals surface area contributed by atoms with E-state index >= 15 is 0 Å². The summed E-state index contributed by atoms with van der Waals surface area (Å²) in [5.41, 5.74) is 1.92. The summed E-state index contributed by atoms with van der Waals surface area (Å²) in [7, 11) is 0. The highest BCUT2D eigenvalue weighted by Gasteiger charge is 2.05. The Morgan fingerprint density at radius 1 is 1.22 bits per heavy atom. The molecule has 2 rings (SSSR count). The third-order valence-electron chi connectivity index (χ3n) is 2.92. The van der Waals surface area contributed by atoms with Gasteiger partial charge in [0.05, 0.1) is 11.6 Å². The van der Waals surface area contributed by atoms with E-state index < -0.39 is 0 Å². The quantitative estimate of drug-likeness (QED) is 0.903. The van der Waals surface area contributed by atoms with Gasteiger partial charge in [-0.15, -0.1) is 11.3 Å². The fourth-order valence-corrected chi connectivity index (χ4v) is 2.64. The fraction of sp³-hybridized carbons (Fsp3) is 0.267. The molecule has 0 spiro atoms. The van der Waals surface area contributed by atoms with Gasteiger partial charge in [0, 0.05) is 22.3 Å². The van der Waals surface area contributed by atoms with Gasteiger partial charge in [-0.1, -0.05) is 12.1 Å². The van der Waals surface area contributed by atoms with Crippen molar-refractivity contribution in [3.8, 4) is 6.07 Å². The molecule has 0 saturated carbocycles. The molecule has 0 bridgehead atoms. The molecule has 92 valence electrons. The number of aryl methyl sites for hydroxylation is 1. The highest BCUT2D eigenvalue weighted by atomic mass is 32.1. The predicted octanol–water partition coefficient (Wildman–Crippen LogP) is 3.78. The van der Waals surface area contributed by atoms with Crippen molar-refractivity contribution >= 4 is 11.3 Å². The smallest absolute Gasteiger partial charge is 0.0991 e. The van der Waals surface area contributed by atoms with Crippen molar-refractivity contribution in [1.29, 1.82) is 5.26 Å². The number of hydrogen-bond acceptors (Lipinski definition) is 3. The van der Waals surface area contributed by atoms with Crippen molar-refractivity contribution in [2.24, 2.45) is 0 Å². The highest BCUT2D eigenvalue weighted by Crippen LogP contribution is 2.17. The van der Waals surface area contributed by atoms with Crippen LogP contribution in [0.3, 0.4) is 0 Å². The average molecular weight is 256 g/mol. The van der Waals surface area contributed by atoms with Crippen LogP contribution >= 0.6 is 11.3 Å². The Bertz CT molecular complexity index is 549. The van der Waals surface area contributed by atoms with Crippen molar-refractivity contribution in [2.75, 3.05) is 0 Å². The Labute approximate surface area is 112 Å². The summed E-state index contributed by atoms with van der Waals surface area (Å²) in [6, 6.07) is 14.5. The standard InChI is InChI=1S/C15H16N2S/c1-11-3-8-15(18-11)10-17-12(2)14-6-4-13(9-16)5-7-14/h3-8,12,17H,10H2,1-2H3. The third kappa shape index (κ3) is 3.19. The first-order chi connectivity index (χ1) is 8.69. The summed E-state index contributed by atoms with van der Waals surface area (Å²) in [6.07, 6.45) is 0. The molecule has 0 radical (unpaired) electrons. The summed E-state index contributed by atoms with van der Waals surface area (Å²) < 4.78 is 0. The number of hydrogen-bond donors (Lipinski definition) is 1. The van der Waals surface area contributed by atoms with Gasteiger partial charge in [-0.25, -0.2) is 0 Å². The first-order valence-corrected chi connectivity index (χ1v) is 6.79. The monoisotopic (exact) mass is 256 g/mol. The Hall–Kier alpha value is -1.63. The average Bonchev–Trinajstić information content (AvgIpc) is 2.82. The summed E-state index contributed by atoms with van der Waals surface area (Å²) >= 11 is 1.83. The van der Waals surface area contributed by atoms with E-state index in [-0.39, 0.29) is 0 Å². The zero-order valence-corrected chi connectivity index (χ0v) is 11.4. The van der Waals surface area contributed by atoms with Crippen LogP contribution in [-0.4, -0.2) is 0 Å². The van der Waals surface area contributed by atoms with Gasteiger partial charge in [-0.3, -0.25) is 0 Å². The van der Waals surface area contributed by atoms with Crippen LogP contribution in [0, 0.1) is 18.3 Å². The SMILES string of the molecule is Cc1ccc(CNC(C)c2ccc(C#N)cc2)s1. The molecule has 18 heavy (non-hydrogen) atoms. The van der Waals surface area contributed by atoms with Gasteiger partial charge in [0.1, 0.15) is 0 Å². The van der Waals surface area contributed by atoms with Crippen LogP contribution in [0.5, 0.6) is 0 Å². The van der Waals surface area contributed by atoms with Crippen molar-refractivity contribution in [3.63, 3.8) is 0 Å². The number of nitrogens with one attached hydrogen (secondary N) is 1. The summed E-state index contributed by atoms with van der Waals surface area (Å²) in [6.45, 7) is 5.15. The van der Waals surface area contributed by atoms with Crippen LogP contribution in [0.4, 0.5) is 0 Å². The van der Waals surface area contributed by atoms with Crippen LogP contribution in [-0.2, 0) is 6.54 Å². The molecule has 0 fully saturated rings. The minimum atomic E-state index is 0.292. The molecule has 1 unspecified atom stereocenters. The molecule has 1 atom stereocenters. The molecule has 1 heterocycles. The molecular weight excluding hydrogens is 240 g/mol. The molecule has 1 N–H and O–H groups in total. The Balaban J connectivity index is 1.95. The summed E-state index contributed by atoms with van der Waals surface area (Å²) in [4.78, 5) is 2.70. The lowest BCUT2D eigenvalue weighted by atomic mass is 10.1. The molecule has 0 amide bonds. The van der Waals surface area contributed by atoms with E-state index in [1.54, 1.807) is 0 Å². The number of benzene rings is 1. The minimum Gasteiger partial charge on any atom is -0.305 e. The molecule has 0 aliphatic heterocycles. The van der Waals surface area contributed by atoms with Crippen LogP contribution in [0.1, 0.15) is 33.8 Å². The van der Waals surface area contributed by atoms with E-state index in [0.29, 0.717) is 11.6 Å². The Morgan fingerprint density at radius 2 is 1.94 bits per heavy atom. The molecule has 0 aliphatic rings. The first kappa shape index (κ1) is 12.8. The number of nitrogens with zero attached hydrogens (tertiary/aromatic N) is 1. The molecule has 1 aromatic carbocycles. The van der Waals surface area contributed by atoms with Gasteiger partial charge in [0.2, 0.25) is 0 Å². The van der Waals surface area contributed by atoms with Crippen LogP contribution in [0.2, 0.25) is 0 Å². The number of rotatable bonds is 4. The second kappa shape index (κ2) is 5.81. The predicted molar refractivity (Wildman–Crippen MR) is 75.5 cm³/mol. The lowest BCUT2D eigenvalue weighted by Gasteiger charge is -2.13. The second-order valence-corrected chi connectivity index (χ2v) is 5.72. The van der Waals surface area contributed by atoms with Gasteiger partial charge in [-0.05, 0) is 43.7 Å². The maximum absolute atomic E-state index is 8.76. The summed E-state index contributed by atoms with van der Waals surface area (Å²) in [5, 5.41) is 12.3. The largest absolute Gasteiger partial charge is 0.305 e. The summed E-state index contributed by atoms with van der Waals surface area (Å²) in [5.74, 6) is 0. The zero-order chi connectivity index (χ0) is 13.0. The van der Waals surface area contributed by atoms with E-state index in [1.165, 1.54) is 15.3 Å². The van der Waals surface area contributed by atoms with Gasteiger partial charge < -0.3 is 5.32 Å². The molecule has 2 aromatic rings. The van der Waals surface area contributed by atoms with Gasteiger partial charge in [0.15, 0.2) is 0 Å². The maximum atomic E-state index is 8.76. The lowest BCUT2D eigenvalue weighted by molar-refractivity contribution is 0.579. The molecule has 2 nitrogen and oxygen atoms in total. The molecule has 0 saturated heterocycles. The van der Waals surface area contributed by atoms with Gasteiger partial charge >= 0.3 is 0 Å². The van der Waals surface area contributed by atoms with Crippen molar-refractivity contribution < 1.29 is 0 Å². The Kier molecular flexibility index (Phi) is 4.14. The molecule has 3 heteroatoms. The van der Waals surface area contributed by atoms with Crippen LogP contribution in [0.15, 0.2) is 36.4 Å². The van der Waals surface area contributed by atoms with E-state index in [1.807, 2.05) is 35.6 Å². The van der Waals surface area contributed by atoms with Crippen LogP contribution in [0.25, 0.3) is 0 Å². The fourth-order valence-electron chi connectivity index (χ4n) is 1.80. The highest BCUT2D eigenvalue weighted by molar-refractivity contribution is 7.11. The van der Waals surface area contributed by atoms with Crippen molar-refractivity contribution in [3.05, 3.63) is 57.3 Å². The van der Waals surface area contributed by atoms with E-state index in [2.05, 4.69) is 37.4 Å².